The fraction of sp³-hybridized carbons (Fsp3) is 0.733. The standard InChI is InChI=1S/C15H25N4O2/c1-11-9-15(10-16,7-8-19(11)4)18-12(20)5-6-14(2,3)13(17)21/h5,11H,6-9H2,1-4H3,(H2,17,21)(H,18,20). The van der Waals surface area contributed by atoms with Gasteiger partial charge in [0.2, 0.25) is 11.8 Å². The number of rotatable bonds is 5. The summed E-state index contributed by atoms with van der Waals surface area (Å²) in [5.74, 6) is -0.767. The highest BCUT2D eigenvalue weighted by molar-refractivity contribution is 5.87. The van der Waals surface area contributed by atoms with Gasteiger partial charge in [0.25, 0.3) is 0 Å². The van der Waals surface area contributed by atoms with E-state index in [2.05, 4.69) is 16.3 Å². The summed E-state index contributed by atoms with van der Waals surface area (Å²) in [5, 5.41) is 12.2. The molecule has 0 bridgehead atoms. The Morgan fingerprint density at radius 3 is 2.67 bits per heavy atom. The lowest BCUT2D eigenvalue weighted by atomic mass is 9.84. The molecule has 0 aliphatic carbocycles. The fourth-order valence-electron chi connectivity index (χ4n) is 2.33. The van der Waals surface area contributed by atoms with E-state index in [-0.39, 0.29) is 18.4 Å². The van der Waals surface area contributed by atoms with Crippen LogP contribution in [0.15, 0.2) is 0 Å². The molecule has 0 aromatic carbocycles. The van der Waals surface area contributed by atoms with Crippen LogP contribution in [0.3, 0.4) is 0 Å². The highest BCUT2D eigenvalue weighted by Gasteiger charge is 2.39. The smallest absolute Gasteiger partial charge is 0.225 e. The van der Waals surface area contributed by atoms with Gasteiger partial charge in [-0.25, -0.2) is 0 Å². The van der Waals surface area contributed by atoms with Crippen LogP contribution in [0.4, 0.5) is 0 Å². The lowest BCUT2D eigenvalue weighted by molar-refractivity contribution is -0.126. The first-order valence-corrected chi connectivity index (χ1v) is 7.19. The molecule has 6 nitrogen and oxygen atoms in total. The molecule has 1 aliphatic rings. The van der Waals surface area contributed by atoms with E-state index in [9.17, 15) is 14.9 Å². The first-order chi connectivity index (χ1) is 9.62. The zero-order valence-corrected chi connectivity index (χ0v) is 13.3. The van der Waals surface area contributed by atoms with E-state index in [1.807, 2.05) is 14.0 Å². The van der Waals surface area contributed by atoms with Crippen molar-refractivity contribution in [1.29, 1.82) is 5.26 Å². The highest BCUT2D eigenvalue weighted by atomic mass is 16.2. The average Bonchev–Trinajstić information content (AvgIpc) is 2.41. The zero-order valence-electron chi connectivity index (χ0n) is 13.3. The normalized spacial score (nSPS) is 26.9. The number of primary amides is 1. The van der Waals surface area contributed by atoms with Crippen LogP contribution in [-0.4, -0.2) is 41.9 Å². The third kappa shape index (κ3) is 4.43. The minimum atomic E-state index is -0.823. The van der Waals surface area contributed by atoms with Crippen molar-refractivity contribution in [3.05, 3.63) is 6.42 Å². The van der Waals surface area contributed by atoms with Crippen LogP contribution < -0.4 is 11.1 Å². The number of likely N-dealkylation sites (tertiary alicyclic amines) is 1. The molecule has 117 valence electrons. The highest BCUT2D eigenvalue weighted by Crippen LogP contribution is 2.26. The van der Waals surface area contributed by atoms with E-state index in [4.69, 9.17) is 5.73 Å². The van der Waals surface area contributed by atoms with E-state index in [0.717, 1.165) is 6.54 Å². The van der Waals surface area contributed by atoms with Gasteiger partial charge in [-0.15, -0.1) is 0 Å². The van der Waals surface area contributed by atoms with Gasteiger partial charge in [-0.2, -0.15) is 5.26 Å². The Bertz CT molecular complexity index is 455. The van der Waals surface area contributed by atoms with Crippen LogP contribution in [0.1, 0.15) is 40.0 Å². The Morgan fingerprint density at radius 1 is 1.57 bits per heavy atom. The average molecular weight is 293 g/mol. The van der Waals surface area contributed by atoms with Gasteiger partial charge in [0.1, 0.15) is 5.54 Å². The van der Waals surface area contributed by atoms with Gasteiger partial charge in [0, 0.05) is 18.0 Å². The second-order valence-corrected chi connectivity index (χ2v) is 6.62. The molecule has 2 atom stereocenters. The van der Waals surface area contributed by atoms with Crippen molar-refractivity contribution in [2.24, 2.45) is 11.1 Å². The molecule has 1 rings (SSSR count). The summed E-state index contributed by atoms with van der Waals surface area (Å²) in [7, 11) is 2.01. The largest absolute Gasteiger partial charge is 0.369 e. The molecular weight excluding hydrogens is 268 g/mol. The molecule has 1 fully saturated rings. The lowest BCUT2D eigenvalue weighted by Crippen LogP contribution is -2.56. The van der Waals surface area contributed by atoms with E-state index in [1.165, 1.54) is 6.42 Å². The monoisotopic (exact) mass is 293 g/mol. The second-order valence-electron chi connectivity index (χ2n) is 6.62. The Kier molecular flexibility index (Phi) is 5.35. The molecule has 1 heterocycles. The van der Waals surface area contributed by atoms with Crippen molar-refractivity contribution < 1.29 is 9.59 Å². The van der Waals surface area contributed by atoms with Crippen LogP contribution in [0.2, 0.25) is 0 Å². The summed E-state index contributed by atoms with van der Waals surface area (Å²) in [6.07, 6.45) is 2.86. The van der Waals surface area contributed by atoms with Crippen molar-refractivity contribution in [1.82, 2.24) is 10.2 Å². The number of nitriles is 1. The first kappa shape index (κ1) is 17.4. The van der Waals surface area contributed by atoms with E-state index < -0.39 is 16.9 Å². The van der Waals surface area contributed by atoms with Crippen molar-refractivity contribution >= 4 is 11.8 Å². The molecule has 21 heavy (non-hydrogen) atoms. The van der Waals surface area contributed by atoms with Crippen LogP contribution >= 0.6 is 0 Å². The van der Waals surface area contributed by atoms with Gasteiger partial charge in [0.15, 0.2) is 0 Å². The first-order valence-electron chi connectivity index (χ1n) is 7.19. The number of nitrogens with two attached hydrogens (primary N) is 1. The minimum Gasteiger partial charge on any atom is -0.369 e. The molecule has 1 aliphatic heterocycles. The number of nitrogens with one attached hydrogen (secondary N) is 1. The Labute approximate surface area is 126 Å². The summed E-state index contributed by atoms with van der Waals surface area (Å²) in [6.45, 7) is 6.19. The molecule has 0 aromatic rings. The fourth-order valence-corrected chi connectivity index (χ4v) is 2.33. The molecule has 2 amide bonds. The molecule has 6 heteroatoms. The Morgan fingerprint density at radius 2 is 2.19 bits per heavy atom. The molecule has 0 saturated carbocycles. The lowest BCUT2D eigenvalue weighted by Gasteiger charge is -2.40. The third-order valence-electron chi connectivity index (χ3n) is 4.33. The summed E-state index contributed by atoms with van der Waals surface area (Å²) in [6, 6.07) is 2.49. The van der Waals surface area contributed by atoms with E-state index in [0.29, 0.717) is 12.8 Å². The molecule has 0 aromatic heterocycles. The number of carbonyl (C=O) groups is 2. The van der Waals surface area contributed by atoms with Crippen molar-refractivity contribution in [2.75, 3.05) is 13.6 Å². The quantitative estimate of drug-likeness (QED) is 0.774. The van der Waals surface area contributed by atoms with E-state index >= 15 is 0 Å². The van der Waals surface area contributed by atoms with Crippen molar-refractivity contribution in [3.8, 4) is 6.07 Å². The number of amides is 2. The Hall–Kier alpha value is -1.61. The third-order valence-corrected chi connectivity index (χ3v) is 4.33. The van der Waals surface area contributed by atoms with Gasteiger partial charge in [-0.05, 0) is 33.2 Å². The van der Waals surface area contributed by atoms with Crippen molar-refractivity contribution in [3.63, 3.8) is 0 Å². The second kappa shape index (κ2) is 6.44. The van der Waals surface area contributed by atoms with Gasteiger partial charge >= 0.3 is 0 Å². The maximum absolute atomic E-state index is 12.0. The van der Waals surface area contributed by atoms with Crippen LogP contribution in [-0.2, 0) is 9.59 Å². The summed E-state index contributed by atoms with van der Waals surface area (Å²) in [4.78, 5) is 25.5. The number of carbonyl (C=O) groups excluding carboxylic acids is 2. The SMILES string of the molecule is CC1CC(C#N)(NC(=O)[CH]CC(C)(C)C(N)=O)CCN1C. The predicted octanol–water partition coefficient (Wildman–Crippen LogP) is 0.585. The van der Waals surface area contributed by atoms with Gasteiger partial charge < -0.3 is 16.0 Å². The number of hydrogen-bond donors (Lipinski definition) is 2. The van der Waals surface area contributed by atoms with Gasteiger partial charge in [0.05, 0.1) is 12.5 Å². The predicted molar refractivity (Wildman–Crippen MR) is 79.7 cm³/mol. The molecule has 0 spiro atoms. The van der Waals surface area contributed by atoms with Crippen LogP contribution in [0, 0.1) is 23.2 Å². The van der Waals surface area contributed by atoms with Crippen LogP contribution in [0.5, 0.6) is 0 Å². The van der Waals surface area contributed by atoms with Gasteiger partial charge in [-0.1, -0.05) is 13.8 Å². The zero-order chi connectivity index (χ0) is 16.3. The van der Waals surface area contributed by atoms with Crippen molar-refractivity contribution in [2.45, 2.75) is 51.6 Å². The minimum absolute atomic E-state index is 0.237. The molecular formula is C15H25N4O2. The number of nitrogens with zero attached hydrogens (tertiary/aromatic N) is 2. The maximum Gasteiger partial charge on any atom is 0.225 e. The molecule has 3 N–H and O–H groups in total. The molecule has 1 radical (unpaired) electrons. The Balaban J connectivity index is 2.61. The number of hydrogen-bond acceptors (Lipinski definition) is 4. The molecule has 2 unspecified atom stereocenters. The number of piperidine rings is 1. The van der Waals surface area contributed by atoms with Crippen LogP contribution in [0.25, 0.3) is 0 Å². The summed E-state index contributed by atoms with van der Waals surface area (Å²) in [5.41, 5.74) is 3.69. The molecule has 1 saturated heterocycles. The van der Waals surface area contributed by atoms with Gasteiger partial charge in [-0.3, -0.25) is 9.59 Å². The summed E-state index contributed by atoms with van der Waals surface area (Å²) < 4.78 is 0. The van der Waals surface area contributed by atoms with E-state index in [1.54, 1.807) is 13.8 Å². The maximum atomic E-state index is 12.0. The summed E-state index contributed by atoms with van der Waals surface area (Å²) >= 11 is 0. The topological polar surface area (TPSA) is 99.2 Å².